The third-order valence-electron chi connectivity index (χ3n) is 19.6. The lowest BCUT2D eigenvalue weighted by Gasteiger charge is -2.51. The van der Waals surface area contributed by atoms with E-state index in [1.165, 1.54) is 0 Å². The van der Waals surface area contributed by atoms with E-state index in [-0.39, 0.29) is 0 Å². The van der Waals surface area contributed by atoms with Crippen molar-refractivity contribution < 1.29 is 228 Å². The van der Waals surface area contributed by atoms with Crippen molar-refractivity contribution in [3.63, 3.8) is 0 Å². The minimum Gasteiger partial charge on any atom is -0.394 e. The Morgan fingerprint density at radius 1 is 0.312 bits per heavy atom. The van der Waals surface area contributed by atoms with E-state index in [1.807, 2.05) is 0 Å². The molecule has 8 fully saturated rings. The summed E-state index contributed by atoms with van der Waals surface area (Å²) in [5.74, 6) is -2.76. The standard InChI is InChI=1S/C60H103N3O46/c1-14(72)61-17(4-64)29(76)47(18(75)5-65)104-53-27(62-15(2)73)36(83)49(24(11-71)100-53)106-59-46(93)51(108-60-52(41(88)33(80)22(9-69)99-60)109-54-28(63-16(3)74)37(84)48(23(10-70)101-54)105-57-43(90)39(86)31(78)20(7-67)97-57)35(82)26(103-59)13-95-56-45(92)50(107-58-44(91)40(87)32(79)21(8-68)98-58)34(81)25(102-56)12-94-55-42(89)38(85)30(77)19(6-66)96-55/h17-60,64-71,75-93H,4-13H2,1-3H3,(H,61,72)(H,62,73)(H,63,74)/t17-,18+,19+,20+,21+,22+,23+,24+,25+,26+,27+,28+,29+,30+,31-,32+,33+,34+,35+,36+,37+,38-,39-,40-,41-,42-,43+,44-,45-,46-,47+,48+,49+,50-,51-,52-,53?,54?,55?,56?,57?,58?,59?,60?/m0/s1. The molecule has 8 aliphatic rings. The number of nitrogens with one attached hydrogen (secondary N) is 3. The Labute approximate surface area is 617 Å². The first-order valence-electron chi connectivity index (χ1n) is 34.6. The maximum absolute atomic E-state index is 12.9. The molecule has 0 aromatic carbocycles. The highest BCUT2D eigenvalue weighted by Gasteiger charge is 2.60. The lowest BCUT2D eigenvalue weighted by Crippen LogP contribution is -2.70. The molecule has 8 saturated heterocycles. The predicted octanol–water partition coefficient (Wildman–Crippen LogP) is -20.6. The first-order valence-corrected chi connectivity index (χ1v) is 34.6. The molecule has 0 aliphatic carbocycles. The summed E-state index contributed by atoms with van der Waals surface area (Å²) in [6, 6.07) is -5.59. The summed E-state index contributed by atoms with van der Waals surface area (Å²) in [6.07, 6.45) is -87.1. The van der Waals surface area contributed by atoms with Gasteiger partial charge >= 0.3 is 0 Å². The number of hydrogen-bond donors (Lipinski definition) is 30. The van der Waals surface area contributed by atoms with Crippen LogP contribution in [0.5, 0.6) is 0 Å². The maximum atomic E-state index is 12.9. The van der Waals surface area contributed by atoms with Crippen LogP contribution in [0.25, 0.3) is 0 Å². The fraction of sp³-hybridized carbons (Fsp3) is 0.950. The second kappa shape index (κ2) is 40.5. The predicted molar refractivity (Wildman–Crippen MR) is 334 cm³/mol. The molecule has 0 bridgehead atoms. The van der Waals surface area contributed by atoms with Crippen molar-refractivity contribution in [2.24, 2.45) is 0 Å². The molecular weight excluding hydrogens is 1500 g/mol. The Kier molecular flexibility index (Phi) is 33.9. The van der Waals surface area contributed by atoms with Gasteiger partial charge in [0.2, 0.25) is 17.7 Å². The number of amides is 3. The van der Waals surface area contributed by atoms with E-state index in [2.05, 4.69) is 16.0 Å². The highest BCUT2D eigenvalue weighted by molar-refractivity contribution is 5.74. The zero-order valence-corrected chi connectivity index (χ0v) is 58.3. The van der Waals surface area contributed by atoms with Gasteiger partial charge in [-0.05, 0) is 0 Å². The molecule has 0 aromatic rings. The summed E-state index contributed by atoms with van der Waals surface area (Å²) in [5.41, 5.74) is 0. The smallest absolute Gasteiger partial charge is 0.217 e. The molecule has 3 amide bonds. The van der Waals surface area contributed by atoms with Crippen LogP contribution in [0.2, 0.25) is 0 Å². The minimum atomic E-state index is -2.60. The Hall–Kier alpha value is -3.31. The van der Waals surface area contributed by atoms with E-state index in [1.54, 1.807) is 0 Å². The molecule has 0 radical (unpaired) electrons. The molecule has 634 valence electrons. The SMILES string of the molecule is CC(=O)N[C@@H](CO)[C@@H](O)[C@H](OC1O[C@H](CO)[C@@H](OC2O[C@H](COC3O[C@H](COC4O[C@H](CO)[C@@H](O)[C@H](O)[C@@H]4O)[C@@H](O)[C@H](OC4O[C@H](CO)[C@@H](O)[C@H](O)[C@@H]4O)[C@@H]3O)[C@@H](O)[C@H](OC3O[C@H](CO)[C@@H](O)[C@H](O)[C@@H]3OC3O[C@H](CO)[C@@H](OC4O[C@H](CO)[C@H](O)[C@H](O)[C@H]4O)[C@H](O)[C@H]3NC(C)=O)[C@@H]2O)[C@H](O)[C@H]1NC(C)=O)[C@H](O)CO. The van der Waals surface area contributed by atoms with Crippen LogP contribution < -0.4 is 16.0 Å². The van der Waals surface area contributed by atoms with Crippen LogP contribution in [0.3, 0.4) is 0 Å². The Morgan fingerprint density at radius 2 is 0.633 bits per heavy atom. The third-order valence-corrected chi connectivity index (χ3v) is 19.6. The largest absolute Gasteiger partial charge is 0.394 e. The second-order valence-electron chi connectivity index (χ2n) is 27.2. The van der Waals surface area contributed by atoms with Crippen molar-refractivity contribution in [2.45, 2.75) is 291 Å². The summed E-state index contributed by atoms with van der Waals surface area (Å²) in [4.78, 5) is 37.9. The molecule has 8 aliphatic heterocycles. The molecule has 49 nitrogen and oxygen atoms in total. The van der Waals surface area contributed by atoms with Crippen LogP contribution in [-0.4, -0.2) is 492 Å². The van der Waals surface area contributed by atoms with Crippen molar-refractivity contribution in [2.75, 3.05) is 66.1 Å². The fourth-order valence-corrected chi connectivity index (χ4v) is 13.5. The quantitative estimate of drug-likeness (QED) is 0.0297. The molecule has 44 atom stereocenters. The highest BCUT2D eigenvalue weighted by Crippen LogP contribution is 2.39. The maximum Gasteiger partial charge on any atom is 0.217 e. The minimum absolute atomic E-state index is 0.813. The Balaban J connectivity index is 1.15. The number of aliphatic hydroxyl groups excluding tert-OH is 27. The Morgan fingerprint density at radius 3 is 1.05 bits per heavy atom. The fourth-order valence-electron chi connectivity index (χ4n) is 13.5. The van der Waals surface area contributed by atoms with Gasteiger partial charge in [-0.2, -0.15) is 0 Å². The van der Waals surface area contributed by atoms with E-state index in [9.17, 15) is 152 Å². The molecule has 109 heavy (non-hydrogen) atoms. The number of aliphatic hydroxyl groups is 27. The molecule has 30 N–H and O–H groups in total. The van der Waals surface area contributed by atoms with E-state index in [0.29, 0.717) is 0 Å². The van der Waals surface area contributed by atoms with Crippen LogP contribution in [0.15, 0.2) is 0 Å². The van der Waals surface area contributed by atoms with Gasteiger partial charge in [-0.1, -0.05) is 0 Å². The van der Waals surface area contributed by atoms with Crippen molar-refractivity contribution >= 4 is 17.7 Å². The number of carbonyl (C=O) groups is 3. The van der Waals surface area contributed by atoms with Gasteiger partial charge < -0.3 is 230 Å². The summed E-state index contributed by atoms with van der Waals surface area (Å²) in [6.45, 7) is -8.13. The van der Waals surface area contributed by atoms with Crippen molar-refractivity contribution in [1.82, 2.24) is 16.0 Å². The van der Waals surface area contributed by atoms with Gasteiger partial charge in [-0.25, -0.2) is 0 Å². The lowest BCUT2D eigenvalue weighted by atomic mass is 9.94. The summed E-state index contributed by atoms with van der Waals surface area (Å²) < 4.78 is 93.6. The molecule has 0 aromatic heterocycles. The van der Waals surface area contributed by atoms with Crippen LogP contribution in [0.1, 0.15) is 20.8 Å². The van der Waals surface area contributed by atoms with Crippen molar-refractivity contribution in [1.29, 1.82) is 0 Å². The van der Waals surface area contributed by atoms with Gasteiger partial charge in [0.25, 0.3) is 0 Å². The molecule has 0 saturated carbocycles. The number of hydrogen-bond acceptors (Lipinski definition) is 46. The van der Waals surface area contributed by atoms with Crippen LogP contribution in [0.4, 0.5) is 0 Å². The first-order chi connectivity index (χ1) is 51.5. The average molecular weight is 1600 g/mol. The van der Waals surface area contributed by atoms with E-state index in [0.717, 1.165) is 20.8 Å². The lowest BCUT2D eigenvalue weighted by molar-refractivity contribution is -0.398. The zero-order valence-electron chi connectivity index (χ0n) is 58.3. The Bertz CT molecular complexity index is 2790. The monoisotopic (exact) mass is 1600 g/mol. The molecular formula is C60H103N3O46. The summed E-state index contributed by atoms with van der Waals surface area (Å²) in [7, 11) is 0. The van der Waals surface area contributed by atoms with Crippen LogP contribution >= 0.6 is 0 Å². The van der Waals surface area contributed by atoms with Gasteiger partial charge in [0.1, 0.15) is 214 Å². The van der Waals surface area contributed by atoms with Gasteiger partial charge in [-0.3, -0.25) is 14.4 Å². The van der Waals surface area contributed by atoms with E-state index < -0.39 is 354 Å². The van der Waals surface area contributed by atoms with Gasteiger partial charge in [0.05, 0.1) is 72.1 Å². The highest BCUT2D eigenvalue weighted by atomic mass is 16.8. The van der Waals surface area contributed by atoms with Gasteiger partial charge in [0, 0.05) is 20.8 Å². The third kappa shape index (κ3) is 20.7. The zero-order chi connectivity index (χ0) is 80.6. The van der Waals surface area contributed by atoms with Crippen LogP contribution in [-0.2, 0) is 90.2 Å². The van der Waals surface area contributed by atoms with Crippen LogP contribution in [0, 0.1) is 0 Å². The van der Waals surface area contributed by atoms with Gasteiger partial charge in [-0.15, -0.1) is 0 Å². The van der Waals surface area contributed by atoms with Crippen molar-refractivity contribution in [3.8, 4) is 0 Å². The number of rotatable bonds is 32. The van der Waals surface area contributed by atoms with Gasteiger partial charge in [0.15, 0.2) is 50.3 Å². The first kappa shape index (κ1) is 91.2. The molecule has 0 spiro atoms. The topological polar surface area (TPSA) is 781 Å². The normalized spacial score (nSPS) is 47.0. The average Bonchev–Trinajstić information content (AvgIpc) is 0.771. The second-order valence-corrected chi connectivity index (χ2v) is 27.2. The molecule has 49 heteroatoms. The molecule has 8 heterocycles. The summed E-state index contributed by atoms with van der Waals surface area (Å²) in [5, 5.41) is 303. The van der Waals surface area contributed by atoms with Crippen molar-refractivity contribution in [3.05, 3.63) is 0 Å². The summed E-state index contributed by atoms with van der Waals surface area (Å²) >= 11 is 0. The van der Waals surface area contributed by atoms with E-state index >= 15 is 0 Å². The number of ether oxygens (including phenoxy) is 16. The number of carbonyl (C=O) groups excluding carboxylic acids is 3. The van der Waals surface area contributed by atoms with E-state index in [4.69, 9.17) is 75.8 Å². The molecule has 8 unspecified atom stereocenters. The molecule has 8 rings (SSSR count).